The summed E-state index contributed by atoms with van der Waals surface area (Å²) in [5.74, 6) is 0.834. The first-order valence-electron chi connectivity index (χ1n) is 15.3. The number of rotatable bonds is 5. The fraction of sp³-hybridized carbons (Fsp3) is 0.531. The lowest BCUT2D eigenvalue weighted by Gasteiger charge is -2.48. The molecule has 0 radical (unpaired) electrons. The van der Waals surface area contributed by atoms with E-state index in [-0.39, 0.29) is 11.4 Å². The van der Waals surface area contributed by atoms with E-state index >= 15 is 0 Å². The predicted molar refractivity (Wildman–Crippen MR) is 168 cm³/mol. The summed E-state index contributed by atoms with van der Waals surface area (Å²) in [4.78, 5) is 29.4. The number of piperidine rings is 2. The fourth-order valence-corrected chi connectivity index (χ4v) is 8.29. The monoisotopic (exact) mass is 588 g/mol. The Morgan fingerprint density at radius 2 is 1.62 bits per heavy atom. The molecule has 5 heterocycles. The molecular formula is C32H40N6O3S. The van der Waals surface area contributed by atoms with Gasteiger partial charge >= 0.3 is 0 Å². The van der Waals surface area contributed by atoms with Crippen LogP contribution < -0.4 is 14.5 Å². The van der Waals surface area contributed by atoms with Gasteiger partial charge in [-0.2, -0.15) is 0 Å². The van der Waals surface area contributed by atoms with Crippen LogP contribution in [0.5, 0.6) is 0 Å². The summed E-state index contributed by atoms with van der Waals surface area (Å²) in [7, 11) is -1.68. The average Bonchev–Trinajstić information content (AvgIpc) is 3.20. The van der Waals surface area contributed by atoms with Crippen molar-refractivity contribution in [1.29, 1.82) is 0 Å². The fourth-order valence-electron chi connectivity index (χ4n) is 7.74. The second-order valence-electron chi connectivity index (χ2n) is 13.1. The SMILES string of the molecule is CN1C(=O)C2(CCC2)c2c1cnc1ccc(-c3cnc(N4CCC(C)(N5CCCCC5)CC4)c(NS(C)(=O)=O)c3)cc21. The smallest absolute Gasteiger partial charge is 0.237 e. The van der Waals surface area contributed by atoms with Crippen LogP contribution in [0.3, 0.4) is 0 Å². The van der Waals surface area contributed by atoms with Crippen molar-refractivity contribution in [2.45, 2.75) is 69.2 Å². The Morgan fingerprint density at radius 3 is 2.29 bits per heavy atom. The number of likely N-dealkylation sites (tertiary alicyclic amines) is 1. The normalized spacial score (nSPS) is 21.9. The van der Waals surface area contributed by atoms with Gasteiger partial charge in [0.2, 0.25) is 15.9 Å². The molecule has 2 aromatic heterocycles. The zero-order valence-corrected chi connectivity index (χ0v) is 25.6. The van der Waals surface area contributed by atoms with Gasteiger partial charge in [0.15, 0.2) is 5.82 Å². The van der Waals surface area contributed by atoms with E-state index < -0.39 is 15.4 Å². The minimum absolute atomic E-state index is 0.159. The number of anilines is 3. The highest BCUT2D eigenvalue weighted by molar-refractivity contribution is 7.92. The second kappa shape index (κ2) is 9.91. The van der Waals surface area contributed by atoms with E-state index in [9.17, 15) is 13.2 Å². The molecule has 0 unspecified atom stereocenters. The quantitative estimate of drug-likeness (QED) is 0.452. The third kappa shape index (κ3) is 4.45. The number of benzene rings is 1. The summed E-state index contributed by atoms with van der Waals surface area (Å²) in [6, 6.07) is 7.99. The zero-order chi connectivity index (χ0) is 29.3. The van der Waals surface area contributed by atoms with Crippen LogP contribution in [-0.2, 0) is 20.2 Å². The van der Waals surface area contributed by atoms with Crippen molar-refractivity contribution in [2.24, 2.45) is 0 Å². The topological polar surface area (TPSA) is 98.7 Å². The number of pyridine rings is 2. The van der Waals surface area contributed by atoms with Crippen LogP contribution >= 0.6 is 0 Å². The van der Waals surface area contributed by atoms with Gasteiger partial charge in [-0.3, -0.25) is 19.4 Å². The standard InChI is InChI=1S/C32H40N6O3S/c1-31(38-14-5-4-6-15-38)12-16-37(17-13-31)29-26(35-42(3,40)41)19-23(20-34-29)22-8-9-25-24(18-22)28-27(21-33-25)36(2)30(39)32(28)10-7-11-32/h8-9,18-21,35H,4-7,10-17H2,1-3H3. The molecule has 1 N–H and O–H groups in total. The van der Waals surface area contributed by atoms with Crippen LogP contribution in [-0.4, -0.2) is 74.2 Å². The van der Waals surface area contributed by atoms with E-state index in [1.54, 1.807) is 4.90 Å². The minimum Gasteiger partial charge on any atom is -0.355 e. The average molecular weight is 589 g/mol. The van der Waals surface area contributed by atoms with Crippen LogP contribution in [0.1, 0.15) is 63.9 Å². The number of hydrogen-bond acceptors (Lipinski definition) is 7. The van der Waals surface area contributed by atoms with E-state index in [0.29, 0.717) is 11.5 Å². The summed E-state index contributed by atoms with van der Waals surface area (Å²) < 4.78 is 27.7. The highest BCUT2D eigenvalue weighted by atomic mass is 32.2. The molecule has 7 rings (SSSR count). The van der Waals surface area contributed by atoms with E-state index in [2.05, 4.69) is 32.5 Å². The second-order valence-corrected chi connectivity index (χ2v) is 14.8. The van der Waals surface area contributed by atoms with Gasteiger partial charge in [-0.25, -0.2) is 13.4 Å². The van der Waals surface area contributed by atoms with E-state index in [1.165, 1.54) is 38.6 Å². The Kier molecular flexibility index (Phi) is 6.51. The number of amides is 1. The summed E-state index contributed by atoms with van der Waals surface area (Å²) in [6.45, 7) is 6.37. The molecule has 9 nitrogen and oxygen atoms in total. The molecule has 1 amide bonds. The molecule has 222 valence electrons. The summed E-state index contributed by atoms with van der Waals surface area (Å²) >= 11 is 0. The number of fused-ring (bicyclic) bond motifs is 4. The molecule has 1 aliphatic carbocycles. The van der Waals surface area contributed by atoms with Gasteiger partial charge < -0.3 is 9.80 Å². The first kappa shape index (κ1) is 27.6. The first-order chi connectivity index (χ1) is 20.1. The Bertz CT molecular complexity index is 1670. The maximum absolute atomic E-state index is 13.3. The zero-order valence-electron chi connectivity index (χ0n) is 24.8. The summed E-state index contributed by atoms with van der Waals surface area (Å²) in [5, 5.41) is 0.983. The Hall–Kier alpha value is -3.24. The number of hydrogen-bond donors (Lipinski definition) is 1. The largest absolute Gasteiger partial charge is 0.355 e. The number of aromatic nitrogens is 2. The number of nitrogens with one attached hydrogen (secondary N) is 1. The van der Waals surface area contributed by atoms with Crippen LogP contribution in [0, 0.1) is 0 Å². The first-order valence-corrected chi connectivity index (χ1v) is 17.2. The van der Waals surface area contributed by atoms with Crippen molar-refractivity contribution in [3.05, 3.63) is 42.2 Å². The van der Waals surface area contributed by atoms with E-state index in [0.717, 1.165) is 78.5 Å². The molecule has 10 heteroatoms. The third-order valence-corrected chi connectivity index (χ3v) is 11.0. The maximum atomic E-state index is 13.3. The van der Waals surface area contributed by atoms with E-state index in [4.69, 9.17) is 4.98 Å². The molecule has 3 aromatic rings. The highest BCUT2D eigenvalue weighted by Gasteiger charge is 2.54. The molecule has 3 fully saturated rings. The van der Waals surface area contributed by atoms with Crippen LogP contribution in [0.4, 0.5) is 17.2 Å². The van der Waals surface area contributed by atoms with Crippen LogP contribution in [0.15, 0.2) is 36.7 Å². The molecule has 4 aliphatic rings. The molecule has 42 heavy (non-hydrogen) atoms. The van der Waals surface area contributed by atoms with E-state index in [1.807, 2.05) is 37.6 Å². The number of carbonyl (C=O) groups is 1. The van der Waals surface area contributed by atoms with Crippen LogP contribution in [0.2, 0.25) is 0 Å². The molecule has 2 saturated heterocycles. The molecule has 3 aliphatic heterocycles. The Labute approximate surface area is 248 Å². The summed E-state index contributed by atoms with van der Waals surface area (Å²) in [5.41, 5.74) is 4.78. The Balaban J connectivity index is 1.24. The molecule has 1 spiro atoms. The molecule has 1 aromatic carbocycles. The predicted octanol–water partition coefficient (Wildman–Crippen LogP) is 4.91. The van der Waals surface area contributed by atoms with Gasteiger partial charge in [0.05, 0.1) is 34.8 Å². The van der Waals surface area contributed by atoms with Crippen molar-refractivity contribution in [2.75, 3.05) is 54.0 Å². The van der Waals surface area contributed by atoms with Gasteiger partial charge in [0.1, 0.15) is 0 Å². The van der Waals surface area contributed by atoms with Crippen molar-refractivity contribution in [1.82, 2.24) is 14.9 Å². The van der Waals surface area contributed by atoms with Gasteiger partial charge in [0.25, 0.3) is 0 Å². The third-order valence-electron chi connectivity index (χ3n) is 10.4. The van der Waals surface area contributed by atoms with Gasteiger partial charge in [-0.15, -0.1) is 0 Å². The molecule has 1 saturated carbocycles. The summed E-state index contributed by atoms with van der Waals surface area (Å²) in [6.07, 6.45) is 13.5. The lowest BCUT2D eigenvalue weighted by atomic mass is 9.64. The minimum atomic E-state index is -3.52. The molecular weight excluding hydrogens is 548 g/mol. The van der Waals surface area contributed by atoms with Gasteiger partial charge in [-0.05, 0) is 82.3 Å². The molecule has 0 bridgehead atoms. The van der Waals surface area contributed by atoms with Gasteiger partial charge in [0, 0.05) is 48.4 Å². The number of carbonyl (C=O) groups excluding carboxylic acids is 1. The lowest BCUT2D eigenvalue weighted by Crippen LogP contribution is -2.55. The van der Waals surface area contributed by atoms with Crippen molar-refractivity contribution >= 4 is 44.0 Å². The molecule has 0 atom stereocenters. The van der Waals surface area contributed by atoms with Gasteiger partial charge in [-0.1, -0.05) is 18.9 Å². The number of sulfonamides is 1. The van der Waals surface area contributed by atoms with Crippen molar-refractivity contribution < 1.29 is 13.2 Å². The van der Waals surface area contributed by atoms with Crippen LogP contribution in [0.25, 0.3) is 22.0 Å². The Morgan fingerprint density at radius 1 is 0.881 bits per heavy atom. The number of nitrogens with zero attached hydrogens (tertiary/aromatic N) is 5. The lowest BCUT2D eigenvalue weighted by molar-refractivity contribution is -0.125. The van der Waals surface area contributed by atoms with Crippen molar-refractivity contribution in [3.63, 3.8) is 0 Å². The van der Waals surface area contributed by atoms with Crippen molar-refractivity contribution in [3.8, 4) is 11.1 Å². The highest BCUT2D eigenvalue weighted by Crippen LogP contribution is 2.55. The number of likely N-dealkylation sites (N-methyl/N-ethyl adjacent to an activating group) is 1. The maximum Gasteiger partial charge on any atom is 0.237 e.